The van der Waals surface area contributed by atoms with E-state index in [1.165, 1.54) is 0 Å². The molecule has 0 N–H and O–H groups in total. The average molecular weight is 245 g/mol. The van der Waals surface area contributed by atoms with E-state index in [-0.39, 0.29) is 17.2 Å². The van der Waals surface area contributed by atoms with E-state index in [4.69, 9.17) is 9.47 Å². The quantitative estimate of drug-likeness (QED) is 0.759. The first-order valence-electron chi connectivity index (χ1n) is 6.40. The van der Waals surface area contributed by atoms with E-state index in [2.05, 4.69) is 4.90 Å². The van der Waals surface area contributed by atoms with Gasteiger partial charge in [-0.3, -0.25) is 4.90 Å². The fourth-order valence-corrected chi connectivity index (χ4v) is 2.97. The van der Waals surface area contributed by atoms with Crippen molar-refractivity contribution in [2.45, 2.75) is 57.0 Å². The SMILES string of the molecule is COC1CN2CC(F)CC2(COC(C)(C)C)C1. The molecule has 2 fully saturated rings. The summed E-state index contributed by atoms with van der Waals surface area (Å²) in [6, 6.07) is 0. The molecule has 2 saturated heterocycles. The van der Waals surface area contributed by atoms with E-state index in [1.807, 2.05) is 20.8 Å². The Morgan fingerprint density at radius 3 is 2.59 bits per heavy atom. The van der Waals surface area contributed by atoms with Gasteiger partial charge in [0.1, 0.15) is 6.17 Å². The Balaban J connectivity index is 2.04. The second kappa shape index (κ2) is 4.48. The molecule has 0 radical (unpaired) electrons. The Hall–Kier alpha value is -0.190. The minimum atomic E-state index is -0.712. The standard InChI is InChI=1S/C13H24FNO2/c1-12(2,3)17-9-13-5-10(14)7-15(13)8-11(6-13)16-4/h10-11H,5-9H2,1-4H3. The molecule has 3 atom stereocenters. The minimum Gasteiger partial charge on any atom is -0.380 e. The van der Waals surface area contributed by atoms with E-state index in [1.54, 1.807) is 7.11 Å². The second-order valence-electron chi connectivity index (χ2n) is 6.39. The van der Waals surface area contributed by atoms with Gasteiger partial charge in [0.2, 0.25) is 0 Å². The van der Waals surface area contributed by atoms with Crippen molar-refractivity contribution in [1.82, 2.24) is 4.90 Å². The van der Waals surface area contributed by atoms with Crippen molar-refractivity contribution in [3.8, 4) is 0 Å². The smallest absolute Gasteiger partial charge is 0.115 e. The lowest BCUT2D eigenvalue weighted by Crippen LogP contribution is -2.44. The van der Waals surface area contributed by atoms with Crippen LogP contribution in [0.15, 0.2) is 0 Å². The summed E-state index contributed by atoms with van der Waals surface area (Å²) >= 11 is 0. The van der Waals surface area contributed by atoms with Crippen LogP contribution in [-0.4, -0.2) is 55.1 Å². The zero-order valence-electron chi connectivity index (χ0n) is 11.3. The lowest BCUT2D eigenvalue weighted by atomic mass is 9.93. The first kappa shape index (κ1) is 13.2. The molecule has 0 aromatic rings. The lowest BCUT2D eigenvalue weighted by molar-refractivity contribution is -0.0534. The van der Waals surface area contributed by atoms with Crippen LogP contribution in [-0.2, 0) is 9.47 Å². The summed E-state index contributed by atoms with van der Waals surface area (Å²) in [4.78, 5) is 2.22. The normalized spacial score (nSPS) is 38.6. The van der Waals surface area contributed by atoms with Gasteiger partial charge in [0, 0.05) is 32.2 Å². The Labute approximate surface area is 103 Å². The van der Waals surface area contributed by atoms with E-state index in [0.717, 1.165) is 13.0 Å². The molecule has 0 aromatic carbocycles. The molecule has 2 aliphatic rings. The fourth-order valence-electron chi connectivity index (χ4n) is 2.97. The zero-order chi connectivity index (χ0) is 12.7. The number of hydrogen-bond acceptors (Lipinski definition) is 3. The van der Waals surface area contributed by atoms with Gasteiger partial charge in [-0.1, -0.05) is 0 Å². The third-order valence-corrected chi connectivity index (χ3v) is 3.83. The number of hydrogen-bond donors (Lipinski definition) is 0. The molecule has 2 rings (SSSR count). The monoisotopic (exact) mass is 245 g/mol. The third kappa shape index (κ3) is 2.80. The van der Waals surface area contributed by atoms with Crippen LogP contribution in [0.2, 0.25) is 0 Å². The van der Waals surface area contributed by atoms with Crippen LogP contribution < -0.4 is 0 Å². The molecular formula is C13H24FNO2. The number of fused-ring (bicyclic) bond motifs is 1. The highest BCUT2D eigenvalue weighted by Crippen LogP contribution is 2.41. The number of methoxy groups -OCH3 is 1. The van der Waals surface area contributed by atoms with Gasteiger partial charge in [-0.05, 0) is 27.2 Å². The number of nitrogens with zero attached hydrogens (tertiary/aromatic N) is 1. The van der Waals surface area contributed by atoms with Gasteiger partial charge in [-0.25, -0.2) is 4.39 Å². The summed E-state index contributed by atoms with van der Waals surface area (Å²) in [5.74, 6) is 0. The topological polar surface area (TPSA) is 21.7 Å². The summed E-state index contributed by atoms with van der Waals surface area (Å²) in [5.41, 5.74) is -0.298. The molecule has 0 aromatic heterocycles. The summed E-state index contributed by atoms with van der Waals surface area (Å²) in [7, 11) is 1.73. The Morgan fingerprint density at radius 1 is 1.29 bits per heavy atom. The molecule has 2 heterocycles. The van der Waals surface area contributed by atoms with Crippen LogP contribution in [0.3, 0.4) is 0 Å². The van der Waals surface area contributed by atoms with Crippen LogP contribution in [0.4, 0.5) is 4.39 Å². The number of halogens is 1. The predicted octanol–water partition coefficient (Wildman–Crippen LogP) is 2.00. The van der Waals surface area contributed by atoms with Crippen molar-refractivity contribution in [3.63, 3.8) is 0 Å². The first-order chi connectivity index (χ1) is 7.85. The lowest BCUT2D eigenvalue weighted by Gasteiger charge is -2.34. The fraction of sp³-hybridized carbons (Fsp3) is 1.00. The molecule has 0 aliphatic carbocycles. The maximum absolute atomic E-state index is 13.6. The second-order valence-corrected chi connectivity index (χ2v) is 6.39. The van der Waals surface area contributed by atoms with E-state index < -0.39 is 6.17 Å². The zero-order valence-corrected chi connectivity index (χ0v) is 11.3. The third-order valence-electron chi connectivity index (χ3n) is 3.83. The summed E-state index contributed by atoms with van der Waals surface area (Å²) in [5, 5.41) is 0. The van der Waals surface area contributed by atoms with Gasteiger partial charge in [0.05, 0.1) is 18.3 Å². The van der Waals surface area contributed by atoms with Crippen molar-refractivity contribution in [2.75, 3.05) is 26.8 Å². The predicted molar refractivity (Wildman–Crippen MR) is 64.9 cm³/mol. The summed E-state index contributed by atoms with van der Waals surface area (Å²) < 4.78 is 24.9. The van der Waals surface area contributed by atoms with Gasteiger partial charge in [-0.2, -0.15) is 0 Å². The molecule has 3 unspecified atom stereocenters. The van der Waals surface area contributed by atoms with Gasteiger partial charge < -0.3 is 9.47 Å². The van der Waals surface area contributed by atoms with Crippen LogP contribution >= 0.6 is 0 Å². The average Bonchev–Trinajstić information content (AvgIpc) is 2.66. The Morgan fingerprint density at radius 2 is 2.00 bits per heavy atom. The highest BCUT2D eigenvalue weighted by molar-refractivity contribution is 5.07. The van der Waals surface area contributed by atoms with Crippen LogP contribution in [0, 0.1) is 0 Å². The molecule has 3 nitrogen and oxygen atoms in total. The Kier molecular flexibility index (Phi) is 3.49. The molecule has 0 bridgehead atoms. The van der Waals surface area contributed by atoms with E-state index >= 15 is 0 Å². The molecule has 2 aliphatic heterocycles. The Bertz CT molecular complexity index is 279. The van der Waals surface area contributed by atoms with Crippen molar-refractivity contribution in [2.24, 2.45) is 0 Å². The maximum Gasteiger partial charge on any atom is 0.115 e. The number of alkyl halides is 1. The maximum atomic E-state index is 13.6. The van der Waals surface area contributed by atoms with Gasteiger partial charge >= 0.3 is 0 Å². The summed E-state index contributed by atoms with van der Waals surface area (Å²) in [6.45, 7) is 8.10. The molecule has 4 heteroatoms. The molecule has 0 spiro atoms. The van der Waals surface area contributed by atoms with Crippen molar-refractivity contribution in [1.29, 1.82) is 0 Å². The van der Waals surface area contributed by atoms with Crippen LogP contribution in [0.5, 0.6) is 0 Å². The molecule has 100 valence electrons. The summed E-state index contributed by atoms with van der Waals surface area (Å²) in [6.07, 6.45) is 0.991. The highest BCUT2D eigenvalue weighted by Gasteiger charge is 2.52. The van der Waals surface area contributed by atoms with Crippen molar-refractivity contribution >= 4 is 0 Å². The molecule has 17 heavy (non-hydrogen) atoms. The molecule has 0 amide bonds. The molecular weight excluding hydrogens is 221 g/mol. The van der Waals surface area contributed by atoms with Gasteiger partial charge in [-0.15, -0.1) is 0 Å². The van der Waals surface area contributed by atoms with Gasteiger partial charge in [0.25, 0.3) is 0 Å². The van der Waals surface area contributed by atoms with Crippen LogP contribution in [0.25, 0.3) is 0 Å². The van der Waals surface area contributed by atoms with Crippen LogP contribution in [0.1, 0.15) is 33.6 Å². The first-order valence-corrected chi connectivity index (χ1v) is 6.40. The number of rotatable bonds is 3. The minimum absolute atomic E-state index is 0.132. The van der Waals surface area contributed by atoms with Crippen molar-refractivity contribution in [3.05, 3.63) is 0 Å². The van der Waals surface area contributed by atoms with E-state index in [9.17, 15) is 4.39 Å². The van der Waals surface area contributed by atoms with Gasteiger partial charge in [0.15, 0.2) is 0 Å². The highest BCUT2D eigenvalue weighted by atomic mass is 19.1. The molecule has 0 saturated carbocycles. The number of ether oxygens (including phenoxy) is 2. The largest absolute Gasteiger partial charge is 0.380 e. The van der Waals surface area contributed by atoms with Crippen molar-refractivity contribution < 1.29 is 13.9 Å². The van der Waals surface area contributed by atoms with E-state index in [0.29, 0.717) is 19.6 Å².